The number of hydrogen-bond donors (Lipinski definition) is 0. The fraction of sp³-hybridized carbons (Fsp3) is 0.231. The number of aryl methyl sites for hydroxylation is 3. The van der Waals surface area contributed by atoms with Crippen molar-refractivity contribution in [3.63, 3.8) is 0 Å². The summed E-state index contributed by atoms with van der Waals surface area (Å²) in [7, 11) is 0. The standard InChI is InChI=1S/C13H12ClFN2/c1-7-4-11(14)10(6-12(7)15)13-5-8(2)16-9(3)17-13/h4-6H,1-3H3. The molecule has 88 valence electrons. The molecular weight excluding hydrogens is 239 g/mol. The fourth-order valence-electron chi connectivity index (χ4n) is 1.70. The van der Waals surface area contributed by atoms with Crippen molar-refractivity contribution in [2.75, 3.05) is 0 Å². The van der Waals surface area contributed by atoms with E-state index in [0.29, 0.717) is 27.7 Å². The van der Waals surface area contributed by atoms with Crippen molar-refractivity contribution in [1.82, 2.24) is 9.97 Å². The monoisotopic (exact) mass is 250 g/mol. The molecule has 1 heterocycles. The van der Waals surface area contributed by atoms with Gasteiger partial charge in [0.2, 0.25) is 0 Å². The highest BCUT2D eigenvalue weighted by Gasteiger charge is 2.10. The molecule has 0 atom stereocenters. The maximum Gasteiger partial charge on any atom is 0.126 e. The third-order valence-electron chi connectivity index (χ3n) is 2.49. The van der Waals surface area contributed by atoms with Gasteiger partial charge in [0, 0.05) is 11.3 Å². The maximum absolute atomic E-state index is 13.5. The summed E-state index contributed by atoms with van der Waals surface area (Å²) < 4.78 is 13.5. The van der Waals surface area contributed by atoms with Crippen LogP contribution in [0.5, 0.6) is 0 Å². The largest absolute Gasteiger partial charge is 0.239 e. The first-order valence-electron chi connectivity index (χ1n) is 5.25. The first kappa shape index (κ1) is 12.0. The summed E-state index contributed by atoms with van der Waals surface area (Å²) in [5, 5.41) is 0.501. The first-order chi connectivity index (χ1) is 7.97. The number of rotatable bonds is 1. The average molecular weight is 251 g/mol. The van der Waals surface area contributed by atoms with E-state index in [9.17, 15) is 4.39 Å². The lowest BCUT2D eigenvalue weighted by Gasteiger charge is -2.07. The van der Waals surface area contributed by atoms with Crippen LogP contribution in [0.1, 0.15) is 17.1 Å². The Morgan fingerprint density at radius 2 is 1.76 bits per heavy atom. The summed E-state index contributed by atoms with van der Waals surface area (Å²) in [6.07, 6.45) is 0. The van der Waals surface area contributed by atoms with Crippen LogP contribution in [0.2, 0.25) is 5.02 Å². The molecular formula is C13H12ClFN2. The van der Waals surface area contributed by atoms with Crippen LogP contribution in [-0.4, -0.2) is 9.97 Å². The number of benzene rings is 1. The van der Waals surface area contributed by atoms with E-state index in [-0.39, 0.29) is 5.82 Å². The molecule has 0 N–H and O–H groups in total. The Labute approximate surface area is 104 Å². The molecule has 0 saturated carbocycles. The SMILES string of the molecule is Cc1cc(-c2cc(F)c(C)cc2Cl)nc(C)n1. The van der Waals surface area contributed by atoms with Gasteiger partial charge in [-0.05, 0) is 44.5 Å². The van der Waals surface area contributed by atoms with Crippen LogP contribution in [-0.2, 0) is 0 Å². The Bertz CT molecular complexity index is 562. The van der Waals surface area contributed by atoms with Crippen molar-refractivity contribution in [3.05, 3.63) is 46.1 Å². The Morgan fingerprint density at radius 3 is 2.41 bits per heavy atom. The van der Waals surface area contributed by atoms with E-state index in [0.717, 1.165) is 5.69 Å². The summed E-state index contributed by atoms with van der Waals surface area (Å²) in [4.78, 5) is 8.46. The molecule has 0 spiro atoms. The zero-order valence-corrected chi connectivity index (χ0v) is 10.6. The topological polar surface area (TPSA) is 25.8 Å². The van der Waals surface area contributed by atoms with Gasteiger partial charge in [-0.1, -0.05) is 11.6 Å². The van der Waals surface area contributed by atoms with E-state index in [1.807, 2.05) is 6.92 Å². The van der Waals surface area contributed by atoms with Crippen molar-refractivity contribution < 1.29 is 4.39 Å². The second-order valence-corrected chi connectivity index (χ2v) is 4.43. The van der Waals surface area contributed by atoms with Gasteiger partial charge >= 0.3 is 0 Å². The van der Waals surface area contributed by atoms with Gasteiger partial charge in [-0.25, -0.2) is 14.4 Å². The van der Waals surface area contributed by atoms with Gasteiger partial charge in [-0.3, -0.25) is 0 Å². The number of halogens is 2. The van der Waals surface area contributed by atoms with E-state index in [1.165, 1.54) is 6.07 Å². The van der Waals surface area contributed by atoms with Crippen molar-refractivity contribution >= 4 is 11.6 Å². The summed E-state index contributed by atoms with van der Waals surface area (Å²) in [6, 6.07) is 4.82. The maximum atomic E-state index is 13.5. The molecule has 0 radical (unpaired) electrons. The van der Waals surface area contributed by atoms with Crippen molar-refractivity contribution in [1.29, 1.82) is 0 Å². The highest BCUT2D eigenvalue weighted by atomic mass is 35.5. The van der Waals surface area contributed by atoms with E-state index < -0.39 is 0 Å². The zero-order valence-electron chi connectivity index (χ0n) is 9.88. The predicted octanol–water partition coefficient (Wildman–Crippen LogP) is 3.86. The van der Waals surface area contributed by atoms with Crippen molar-refractivity contribution in [2.24, 2.45) is 0 Å². The quantitative estimate of drug-likeness (QED) is 0.768. The molecule has 0 aliphatic carbocycles. The van der Waals surface area contributed by atoms with Gasteiger partial charge in [0.05, 0.1) is 10.7 Å². The first-order valence-corrected chi connectivity index (χ1v) is 5.63. The van der Waals surface area contributed by atoms with E-state index in [4.69, 9.17) is 11.6 Å². The zero-order chi connectivity index (χ0) is 12.6. The van der Waals surface area contributed by atoms with Crippen LogP contribution in [0.3, 0.4) is 0 Å². The van der Waals surface area contributed by atoms with Gasteiger partial charge < -0.3 is 0 Å². The van der Waals surface area contributed by atoms with Crippen molar-refractivity contribution in [3.8, 4) is 11.3 Å². The number of hydrogen-bond acceptors (Lipinski definition) is 2. The van der Waals surface area contributed by atoms with Gasteiger partial charge in [0.15, 0.2) is 0 Å². The lowest BCUT2D eigenvalue weighted by molar-refractivity contribution is 0.619. The van der Waals surface area contributed by atoms with Crippen LogP contribution >= 0.6 is 11.6 Å². The Kier molecular flexibility index (Phi) is 3.11. The van der Waals surface area contributed by atoms with Gasteiger partial charge in [-0.15, -0.1) is 0 Å². The number of nitrogens with zero attached hydrogens (tertiary/aromatic N) is 2. The summed E-state index contributed by atoms with van der Waals surface area (Å²) in [5.74, 6) is 0.371. The van der Waals surface area contributed by atoms with Gasteiger partial charge in [0.1, 0.15) is 11.6 Å². The van der Waals surface area contributed by atoms with E-state index >= 15 is 0 Å². The van der Waals surface area contributed by atoms with E-state index in [2.05, 4.69) is 9.97 Å². The minimum Gasteiger partial charge on any atom is -0.239 e. The molecule has 17 heavy (non-hydrogen) atoms. The smallest absolute Gasteiger partial charge is 0.126 e. The molecule has 0 amide bonds. The Morgan fingerprint density at radius 1 is 1.06 bits per heavy atom. The minimum atomic E-state index is -0.279. The lowest BCUT2D eigenvalue weighted by atomic mass is 10.1. The third-order valence-corrected chi connectivity index (χ3v) is 2.80. The molecule has 4 heteroatoms. The average Bonchev–Trinajstić information content (AvgIpc) is 2.22. The molecule has 0 unspecified atom stereocenters. The molecule has 1 aromatic heterocycles. The summed E-state index contributed by atoms with van der Waals surface area (Å²) in [5.41, 5.74) is 2.62. The van der Waals surface area contributed by atoms with E-state index in [1.54, 1.807) is 26.0 Å². The van der Waals surface area contributed by atoms with Crippen molar-refractivity contribution in [2.45, 2.75) is 20.8 Å². The summed E-state index contributed by atoms with van der Waals surface area (Å²) >= 11 is 6.11. The van der Waals surface area contributed by atoms with Crippen LogP contribution in [0.25, 0.3) is 11.3 Å². The fourth-order valence-corrected chi connectivity index (χ4v) is 2.01. The second kappa shape index (κ2) is 4.41. The molecule has 0 fully saturated rings. The Hall–Kier alpha value is -1.48. The van der Waals surface area contributed by atoms with Crippen LogP contribution < -0.4 is 0 Å². The predicted molar refractivity (Wildman–Crippen MR) is 66.6 cm³/mol. The molecule has 2 nitrogen and oxygen atoms in total. The molecule has 2 aromatic rings. The highest BCUT2D eigenvalue weighted by molar-refractivity contribution is 6.33. The molecule has 1 aromatic carbocycles. The Balaban J connectivity index is 2.64. The minimum absolute atomic E-state index is 0.279. The molecule has 2 rings (SSSR count). The molecule has 0 saturated heterocycles. The molecule has 0 aliphatic heterocycles. The van der Waals surface area contributed by atoms with Gasteiger partial charge in [-0.2, -0.15) is 0 Å². The molecule has 0 bridgehead atoms. The second-order valence-electron chi connectivity index (χ2n) is 4.02. The normalized spacial score (nSPS) is 10.6. The van der Waals surface area contributed by atoms with Gasteiger partial charge in [0.25, 0.3) is 0 Å². The number of aromatic nitrogens is 2. The third kappa shape index (κ3) is 2.44. The van der Waals surface area contributed by atoms with Crippen LogP contribution in [0.15, 0.2) is 18.2 Å². The van der Waals surface area contributed by atoms with Crippen LogP contribution in [0, 0.1) is 26.6 Å². The highest BCUT2D eigenvalue weighted by Crippen LogP contribution is 2.29. The summed E-state index contributed by atoms with van der Waals surface area (Å²) in [6.45, 7) is 5.35. The lowest BCUT2D eigenvalue weighted by Crippen LogP contribution is -1.95. The molecule has 0 aliphatic rings. The van der Waals surface area contributed by atoms with Crippen LogP contribution in [0.4, 0.5) is 4.39 Å².